The Balaban J connectivity index is 2.08. The minimum atomic E-state index is -0.438. The summed E-state index contributed by atoms with van der Waals surface area (Å²) in [6, 6.07) is 0. The summed E-state index contributed by atoms with van der Waals surface area (Å²) in [6.07, 6.45) is 1.62. The third kappa shape index (κ3) is 4.48. The maximum Gasteiger partial charge on any atom is 0.407 e. The van der Waals surface area contributed by atoms with E-state index in [4.69, 9.17) is 10.6 Å². The molecule has 88 valence electrons. The maximum absolute atomic E-state index is 11.3. The van der Waals surface area contributed by atoms with E-state index < -0.39 is 5.60 Å². The van der Waals surface area contributed by atoms with E-state index in [0.717, 1.165) is 12.8 Å². The number of ether oxygens (including phenoxy) is 1. The van der Waals surface area contributed by atoms with Crippen molar-refractivity contribution in [1.29, 1.82) is 0 Å². The normalized spacial score (nSPS) is 25.6. The van der Waals surface area contributed by atoms with E-state index in [9.17, 15) is 4.79 Å². The summed E-state index contributed by atoms with van der Waals surface area (Å²) in [4.78, 5) is 15.9. The first kappa shape index (κ1) is 12.3. The Hall–Kier alpha value is -0.810. The van der Waals surface area contributed by atoms with Crippen LogP contribution >= 0.6 is 0 Å². The van der Waals surface area contributed by atoms with Gasteiger partial charge in [0.15, 0.2) is 0 Å². The zero-order valence-corrected chi connectivity index (χ0v) is 9.58. The molecular formula is C10H20N2O3. The summed E-state index contributed by atoms with van der Waals surface area (Å²) in [7, 11) is 0. The molecule has 1 aliphatic rings. The van der Waals surface area contributed by atoms with Gasteiger partial charge in [-0.25, -0.2) is 10.7 Å². The van der Waals surface area contributed by atoms with Crippen LogP contribution in [0.25, 0.3) is 0 Å². The number of alkyl carbamates (subject to hydrolysis) is 1. The Morgan fingerprint density at radius 1 is 1.47 bits per heavy atom. The fourth-order valence-electron chi connectivity index (χ4n) is 1.49. The molecule has 0 heterocycles. The Bertz CT molecular complexity index is 219. The predicted octanol–water partition coefficient (Wildman–Crippen LogP) is 1.18. The van der Waals surface area contributed by atoms with Crippen molar-refractivity contribution in [3.63, 3.8) is 0 Å². The molecule has 1 aliphatic carbocycles. The van der Waals surface area contributed by atoms with E-state index in [1.807, 2.05) is 20.8 Å². The predicted molar refractivity (Wildman–Crippen MR) is 56.0 cm³/mol. The third-order valence-electron chi connectivity index (χ3n) is 2.32. The molecule has 0 aliphatic heterocycles. The first-order chi connectivity index (χ1) is 6.90. The van der Waals surface area contributed by atoms with Crippen LogP contribution in [-0.2, 0) is 9.57 Å². The van der Waals surface area contributed by atoms with Crippen molar-refractivity contribution in [1.82, 2.24) is 5.32 Å². The quantitative estimate of drug-likeness (QED) is 0.695. The molecule has 0 aromatic carbocycles. The van der Waals surface area contributed by atoms with Crippen molar-refractivity contribution >= 4 is 6.09 Å². The van der Waals surface area contributed by atoms with Crippen LogP contribution in [0, 0.1) is 5.92 Å². The number of nitrogens with two attached hydrogens (primary N) is 1. The second kappa shape index (κ2) is 4.81. The number of rotatable bonds is 3. The molecule has 0 aromatic heterocycles. The molecule has 0 unspecified atom stereocenters. The molecule has 5 heteroatoms. The molecule has 1 rings (SSSR count). The third-order valence-corrected chi connectivity index (χ3v) is 2.32. The SMILES string of the molecule is CC(C)(C)OC(=O)NCC1CC(ON)C1. The number of carbonyl (C=O) groups excluding carboxylic acids is 1. The lowest BCUT2D eigenvalue weighted by Crippen LogP contribution is -2.42. The highest BCUT2D eigenvalue weighted by molar-refractivity contribution is 5.67. The van der Waals surface area contributed by atoms with Gasteiger partial charge in [-0.05, 0) is 39.5 Å². The number of amides is 1. The second-order valence-corrected chi connectivity index (χ2v) is 4.98. The van der Waals surface area contributed by atoms with Crippen LogP contribution in [0.5, 0.6) is 0 Å². The fraction of sp³-hybridized carbons (Fsp3) is 0.900. The van der Waals surface area contributed by atoms with E-state index in [0.29, 0.717) is 12.5 Å². The molecule has 3 N–H and O–H groups in total. The Morgan fingerprint density at radius 2 is 2.07 bits per heavy atom. The van der Waals surface area contributed by atoms with Crippen LogP contribution in [0.1, 0.15) is 33.6 Å². The van der Waals surface area contributed by atoms with E-state index in [2.05, 4.69) is 10.2 Å². The molecule has 15 heavy (non-hydrogen) atoms. The lowest BCUT2D eigenvalue weighted by atomic mass is 9.82. The highest BCUT2D eigenvalue weighted by Crippen LogP contribution is 2.28. The van der Waals surface area contributed by atoms with Gasteiger partial charge in [0, 0.05) is 6.54 Å². The van der Waals surface area contributed by atoms with E-state index >= 15 is 0 Å². The first-order valence-corrected chi connectivity index (χ1v) is 5.23. The summed E-state index contributed by atoms with van der Waals surface area (Å²) < 4.78 is 5.10. The molecule has 1 fully saturated rings. The zero-order valence-electron chi connectivity index (χ0n) is 9.58. The molecular weight excluding hydrogens is 196 g/mol. The van der Waals surface area contributed by atoms with Crippen molar-refractivity contribution in [2.45, 2.75) is 45.3 Å². The minimum absolute atomic E-state index is 0.162. The molecule has 0 spiro atoms. The van der Waals surface area contributed by atoms with Crippen molar-refractivity contribution in [2.24, 2.45) is 11.8 Å². The smallest absolute Gasteiger partial charge is 0.407 e. The average Bonchev–Trinajstić information content (AvgIpc) is 1.98. The molecule has 0 radical (unpaired) electrons. The molecule has 0 atom stereocenters. The van der Waals surface area contributed by atoms with Crippen molar-refractivity contribution in [3.8, 4) is 0 Å². The topological polar surface area (TPSA) is 73.6 Å². The van der Waals surface area contributed by atoms with E-state index in [-0.39, 0.29) is 12.2 Å². The van der Waals surface area contributed by atoms with Crippen molar-refractivity contribution in [2.75, 3.05) is 6.54 Å². The summed E-state index contributed by atoms with van der Waals surface area (Å²) in [6.45, 7) is 6.16. The van der Waals surface area contributed by atoms with Gasteiger partial charge in [0.05, 0.1) is 6.10 Å². The molecule has 1 saturated carbocycles. The summed E-state index contributed by atoms with van der Waals surface area (Å²) in [5, 5.41) is 2.73. The first-order valence-electron chi connectivity index (χ1n) is 5.23. The lowest BCUT2D eigenvalue weighted by molar-refractivity contribution is -0.0322. The maximum atomic E-state index is 11.3. The van der Waals surface area contributed by atoms with Gasteiger partial charge in [-0.15, -0.1) is 0 Å². The Morgan fingerprint density at radius 3 is 2.53 bits per heavy atom. The minimum Gasteiger partial charge on any atom is -0.444 e. The van der Waals surface area contributed by atoms with Gasteiger partial charge < -0.3 is 14.9 Å². The molecule has 5 nitrogen and oxygen atoms in total. The standard InChI is InChI=1S/C10H20N2O3/c1-10(2,3)14-9(13)12-6-7-4-8(5-7)15-11/h7-8H,4-6,11H2,1-3H3,(H,12,13). The lowest BCUT2D eigenvalue weighted by Gasteiger charge is -2.33. The van der Waals surface area contributed by atoms with Crippen LogP contribution in [0.15, 0.2) is 0 Å². The number of carbonyl (C=O) groups is 1. The average molecular weight is 216 g/mol. The molecule has 0 aromatic rings. The highest BCUT2D eigenvalue weighted by atomic mass is 16.6. The van der Waals surface area contributed by atoms with Gasteiger partial charge >= 0.3 is 6.09 Å². The van der Waals surface area contributed by atoms with Gasteiger partial charge in [0.2, 0.25) is 0 Å². The van der Waals surface area contributed by atoms with E-state index in [1.54, 1.807) is 0 Å². The fourth-order valence-corrected chi connectivity index (χ4v) is 1.49. The van der Waals surface area contributed by atoms with Gasteiger partial charge in [-0.3, -0.25) is 0 Å². The van der Waals surface area contributed by atoms with Crippen LogP contribution < -0.4 is 11.2 Å². The van der Waals surface area contributed by atoms with E-state index in [1.165, 1.54) is 0 Å². The summed E-state index contributed by atoms with van der Waals surface area (Å²) in [5.74, 6) is 5.49. The second-order valence-electron chi connectivity index (χ2n) is 4.98. The van der Waals surface area contributed by atoms with Gasteiger partial charge in [-0.2, -0.15) is 0 Å². The van der Waals surface area contributed by atoms with Crippen molar-refractivity contribution in [3.05, 3.63) is 0 Å². The largest absolute Gasteiger partial charge is 0.444 e. The van der Waals surface area contributed by atoms with Crippen molar-refractivity contribution < 1.29 is 14.4 Å². The van der Waals surface area contributed by atoms with Crippen LogP contribution in [-0.4, -0.2) is 24.3 Å². The van der Waals surface area contributed by atoms with Gasteiger partial charge in [0.1, 0.15) is 5.60 Å². The molecule has 0 bridgehead atoms. The number of nitrogens with one attached hydrogen (secondary N) is 1. The Kier molecular flexibility index (Phi) is 3.93. The number of hydrogen-bond donors (Lipinski definition) is 2. The number of hydrogen-bond acceptors (Lipinski definition) is 4. The summed E-state index contributed by atoms with van der Waals surface area (Å²) in [5.41, 5.74) is -0.438. The monoisotopic (exact) mass is 216 g/mol. The van der Waals surface area contributed by atoms with Gasteiger partial charge in [0.25, 0.3) is 0 Å². The molecule has 0 saturated heterocycles. The highest BCUT2D eigenvalue weighted by Gasteiger charge is 2.30. The van der Waals surface area contributed by atoms with Crippen LogP contribution in [0.4, 0.5) is 4.79 Å². The van der Waals surface area contributed by atoms with Gasteiger partial charge in [-0.1, -0.05) is 0 Å². The zero-order chi connectivity index (χ0) is 11.5. The summed E-state index contributed by atoms with van der Waals surface area (Å²) >= 11 is 0. The van der Waals surface area contributed by atoms with Crippen LogP contribution in [0.3, 0.4) is 0 Å². The molecule has 1 amide bonds. The van der Waals surface area contributed by atoms with Crippen LogP contribution in [0.2, 0.25) is 0 Å². The Labute approximate surface area is 90.3 Å².